The van der Waals surface area contributed by atoms with E-state index >= 15 is 0 Å². The maximum atomic E-state index is 12.6. The normalized spacial score (nSPS) is 20.6. The van der Waals surface area contributed by atoms with Gasteiger partial charge >= 0.3 is 0 Å². The molecule has 1 saturated heterocycles. The highest BCUT2D eigenvalue weighted by Gasteiger charge is 2.37. The molecule has 1 aromatic carbocycles. The first-order valence-electron chi connectivity index (χ1n) is 9.76. The third-order valence-electron chi connectivity index (χ3n) is 5.91. The Hall–Kier alpha value is -2.21. The number of hydrogen-bond acceptors (Lipinski definition) is 4. The molecule has 3 heterocycles. The quantitative estimate of drug-likeness (QED) is 0.796. The Bertz CT molecular complexity index is 936. The zero-order valence-electron chi connectivity index (χ0n) is 16.7. The molecule has 148 valence electrons. The van der Waals surface area contributed by atoms with Gasteiger partial charge in [0.1, 0.15) is 0 Å². The largest absolute Gasteiger partial charge is 0.378 e. The van der Waals surface area contributed by atoms with Gasteiger partial charge in [-0.2, -0.15) is 11.8 Å². The van der Waals surface area contributed by atoms with E-state index in [2.05, 4.69) is 29.2 Å². The third-order valence-corrected chi connectivity index (χ3v) is 6.44. The van der Waals surface area contributed by atoms with E-state index in [9.17, 15) is 9.59 Å². The van der Waals surface area contributed by atoms with Crippen molar-refractivity contribution in [2.24, 2.45) is 5.92 Å². The molecule has 1 fully saturated rings. The molecule has 6 heteroatoms. The number of hydrogen-bond donors (Lipinski definition) is 0. The molecule has 1 aromatic heterocycles. The summed E-state index contributed by atoms with van der Waals surface area (Å²) in [5.74, 6) is 1.32. The fourth-order valence-electron chi connectivity index (χ4n) is 4.62. The van der Waals surface area contributed by atoms with Crippen molar-refractivity contribution in [1.29, 1.82) is 0 Å². The monoisotopic (exact) mass is 397 g/mol. The minimum Gasteiger partial charge on any atom is -0.378 e. The Labute approximate surface area is 170 Å². The van der Waals surface area contributed by atoms with Crippen molar-refractivity contribution in [3.05, 3.63) is 52.4 Å². The van der Waals surface area contributed by atoms with Crippen LogP contribution in [0.15, 0.2) is 41.2 Å². The SMILES string of the molecule is CSCC(=O)N1C[C@@H]2C[C@H](C1)c1c(-c3ccc(N(C)C)cc3)ccc(=O)n1C2. The number of benzene rings is 1. The number of piperidine rings is 1. The average molecular weight is 398 g/mol. The highest BCUT2D eigenvalue weighted by molar-refractivity contribution is 7.99. The highest BCUT2D eigenvalue weighted by atomic mass is 32.2. The van der Waals surface area contributed by atoms with Crippen LogP contribution in [0.25, 0.3) is 11.1 Å². The van der Waals surface area contributed by atoms with Crippen molar-refractivity contribution in [1.82, 2.24) is 9.47 Å². The van der Waals surface area contributed by atoms with Gasteiger partial charge in [0.2, 0.25) is 5.91 Å². The van der Waals surface area contributed by atoms with E-state index in [1.54, 1.807) is 17.8 Å². The van der Waals surface area contributed by atoms with Crippen molar-refractivity contribution in [2.45, 2.75) is 18.9 Å². The standard InChI is InChI=1S/C22H27N3O2S/c1-23(2)18-6-4-16(5-7-18)19-8-9-20(26)25-12-15-10-17(22(19)25)13-24(11-15)21(27)14-28-3/h4-9,15,17H,10-14H2,1-3H3/t15-,17+/m0/s1. The van der Waals surface area contributed by atoms with E-state index in [1.165, 1.54) is 0 Å². The van der Waals surface area contributed by atoms with E-state index < -0.39 is 0 Å². The van der Waals surface area contributed by atoms with E-state index in [4.69, 9.17) is 0 Å². The number of amides is 1. The van der Waals surface area contributed by atoms with Gasteiger partial charge < -0.3 is 14.4 Å². The Morgan fingerprint density at radius 3 is 2.54 bits per heavy atom. The predicted octanol–water partition coefficient (Wildman–Crippen LogP) is 2.89. The summed E-state index contributed by atoms with van der Waals surface area (Å²) in [4.78, 5) is 29.2. The first-order valence-corrected chi connectivity index (χ1v) is 11.2. The number of carbonyl (C=O) groups excluding carboxylic acids is 1. The second-order valence-corrected chi connectivity index (χ2v) is 8.92. The van der Waals surface area contributed by atoms with E-state index in [1.807, 2.05) is 35.9 Å². The fourth-order valence-corrected chi connectivity index (χ4v) is 5.05. The van der Waals surface area contributed by atoms with Crippen LogP contribution in [-0.4, -0.2) is 54.6 Å². The molecule has 0 radical (unpaired) electrons. The Balaban J connectivity index is 1.74. The van der Waals surface area contributed by atoms with Crippen LogP contribution in [0, 0.1) is 5.92 Å². The summed E-state index contributed by atoms with van der Waals surface area (Å²) >= 11 is 1.57. The lowest BCUT2D eigenvalue weighted by Gasteiger charge is -2.43. The van der Waals surface area contributed by atoms with Crippen LogP contribution < -0.4 is 10.5 Å². The molecule has 0 saturated carbocycles. The summed E-state index contributed by atoms with van der Waals surface area (Å²) in [7, 11) is 4.06. The minimum absolute atomic E-state index is 0.0715. The lowest BCUT2D eigenvalue weighted by Crippen LogP contribution is -2.49. The topological polar surface area (TPSA) is 45.6 Å². The summed E-state index contributed by atoms with van der Waals surface area (Å²) in [6, 6.07) is 12.1. The molecule has 2 bridgehead atoms. The molecule has 5 nitrogen and oxygen atoms in total. The summed E-state index contributed by atoms with van der Waals surface area (Å²) in [6.07, 6.45) is 3.02. The first-order chi connectivity index (χ1) is 13.5. The second-order valence-electron chi connectivity index (χ2n) is 8.05. The van der Waals surface area contributed by atoms with Gasteiger partial charge in [-0.15, -0.1) is 0 Å². The number of anilines is 1. The van der Waals surface area contributed by atoms with Gasteiger partial charge in [0.25, 0.3) is 5.56 Å². The molecule has 28 heavy (non-hydrogen) atoms. The molecule has 4 rings (SSSR count). The summed E-state index contributed by atoms with van der Waals surface area (Å²) in [5, 5.41) is 0. The van der Waals surface area contributed by atoms with Gasteiger partial charge in [-0.05, 0) is 42.4 Å². The first kappa shape index (κ1) is 19.1. The molecule has 0 aliphatic carbocycles. The van der Waals surface area contributed by atoms with Gasteiger partial charge in [0.05, 0.1) is 5.75 Å². The molecule has 2 atom stereocenters. The van der Waals surface area contributed by atoms with Crippen molar-refractivity contribution in [2.75, 3.05) is 44.1 Å². The molecular weight excluding hydrogens is 370 g/mol. The van der Waals surface area contributed by atoms with Crippen LogP contribution >= 0.6 is 11.8 Å². The Morgan fingerprint density at radius 1 is 1.11 bits per heavy atom. The van der Waals surface area contributed by atoms with Crippen molar-refractivity contribution in [3.8, 4) is 11.1 Å². The molecule has 2 aliphatic heterocycles. The van der Waals surface area contributed by atoms with Crippen LogP contribution in [0.1, 0.15) is 18.0 Å². The van der Waals surface area contributed by atoms with Crippen molar-refractivity contribution in [3.63, 3.8) is 0 Å². The van der Waals surface area contributed by atoms with Crippen LogP contribution in [0.3, 0.4) is 0 Å². The number of likely N-dealkylation sites (tertiary alicyclic amines) is 1. The fraction of sp³-hybridized carbons (Fsp3) is 0.455. The number of pyridine rings is 1. The van der Waals surface area contributed by atoms with Crippen LogP contribution in [-0.2, 0) is 11.3 Å². The smallest absolute Gasteiger partial charge is 0.250 e. The molecule has 0 N–H and O–H groups in total. The van der Waals surface area contributed by atoms with E-state index in [-0.39, 0.29) is 17.4 Å². The molecule has 0 spiro atoms. The van der Waals surface area contributed by atoms with Crippen LogP contribution in [0.4, 0.5) is 5.69 Å². The van der Waals surface area contributed by atoms with Crippen molar-refractivity contribution < 1.29 is 4.79 Å². The second kappa shape index (κ2) is 7.66. The molecule has 2 aliphatic rings. The molecule has 1 amide bonds. The Kier molecular flexibility index (Phi) is 5.23. The maximum Gasteiger partial charge on any atom is 0.250 e. The number of aromatic nitrogens is 1. The number of rotatable bonds is 4. The molecule has 2 aromatic rings. The predicted molar refractivity (Wildman–Crippen MR) is 116 cm³/mol. The number of nitrogens with zero attached hydrogens (tertiary/aromatic N) is 3. The average Bonchev–Trinajstić information content (AvgIpc) is 2.69. The van der Waals surface area contributed by atoms with Gasteiger partial charge in [-0.25, -0.2) is 0 Å². The lowest BCUT2D eigenvalue weighted by molar-refractivity contribution is -0.131. The van der Waals surface area contributed by atoms with Crippen LogP contribution in [0.2, 0.25) is 0 Å². The Morgan fingerprint density at radius 2 is 1.86 bits per heavy atom. The summed E-state index contributed by atoms with van der Waals surface area (Å²) in [6.45, 7) is 2.18. The number of fused-ring (bicyclic) bond motifs is 4. The number of carbonyl (C=O) groups is 1. The number of thioether (sulfide) groups is 1. The van der Waals surface area contributed by atoms with Gasteiger partial charge in [-0.1, -0.05) is 12.1 Å². The van der Waals surface area contributed by atoms with Gasteiger partial charge in [0, 0.05) is 62.7 Å². The zero-order valence-corrected chi connectivity index (χ0v) is 17.5. The van der Waals surface area contributed by atoms with Gasteiger partial charge in [-0.3, -0.25) is 9.59 Å². The van der Waals surface area contributed by atoms with Crippen LogP contribution in [0.5, 0.6) is 0 Å². The zero-order chi connectivity index (χ0) is 19.8. The molecular formula is C22H27N3O2S. The van der Waals surface area contributed by atoms with E-state index in [0.29, 0.717) is 24.8 Å². The van der Waals surface area contributed by atoms with Gasteiger partial charge in [0.15, 0.2) is 0 Å². The lowest BCUT2D eigenvalue weighted by atomic mass is 9.80. The van der Waals surface area contributed by atoms with E-state index in [0.717, 1.165) is 35.5 Å². The maximum absolute atomic E-state index is 12.6. The minimum atomic E-state index is 0.0715. The third kappa shape index (κ3) is 3.46. The van der Waals surface area contributed by atoms with Crippen molar-refractivity contribution >= 4 is 23.4 Å². The summed E-state index contributed by atoms with van der Waals surface area (Å²) < 4.78 is 1.96. The summed E-state index contributed by atoms with van der Waals surface area (Å²) in [5.41, 5.74) is 4.57. The molecule has 0 unspecified atom stereocenters. The highest BCUT2D eigenvalue weighted by Crippen LogP contribution is 2.40.